The Kier molecular flexibility index (Phi) is 6.21. The first kappa shape index (κ1) is 16.8. The Morgan fingerprint density at radius 1 is 1.23 bits per heavy atom. The molecule has 5 nitrogen and oxygen atoms in total. The molecule has 0 aliphatic heterocycles. The molecule has 0 saturated heterocycles. The lowest BCUT2D eigenvalue weighted by atomic mass is 10.3. The van der Waals surface area contributed by atoms with Crippen molar-refractivity contribution in [3.05, 3.63) is 33.0 Å². The van der Waals surface area contributed by atoms with Gasteiger partial charge in [-0.1, -0.05) is 6.92 Å². The smallest absolute Gasteiger partial charge is 0.191 e. The Morgan fingerprint density at radius 2 is 1.95 bits per heavy atom. The first-order valence-corrected chi connectivity index (χ1v) is 8.95. The molecule has 0 radical (unpaired) electrons. The van der Waals surface area contributed by atoms with Gasteiger partial charge in [0.1, 0.15) is 0 Å². The molecular weight excluding hydrogens is 314 g/mol. The third-order valence-corrected chi connectivity index (χ3v) is 5.37. The van der Waals surface area contributed by atoms with Crippen molar-refractivity contribution in [2.24, 2.45) is 4.99 Å². The van der Waals surface area contributed by atoms with E-state index in [2.05, 4.69) is 45.0 Å². The fraction of sp³-hybridized carbons (Fsp3) is 0.467. The lowest BCUT2D eigenvalue weighted by Gasteiger charge is -2.10. The molecule has 22 heavy (non-hydrogen) atoms. The first-order chi connectivity index (χ1) is 10.6. The van der Waals surface area contributed by atoms with Crippen LogP contribution in [0.4, 0.5) is 5.13 Å². The van der Waals surface area contributed by atoms with E-state index in [4.69, 9.17) is 0 Å². The monoisotopic (exact) mass is 337 g/mol. The largest absolute Gasteiger partial charge is 0.354 e. The maximum absolute atomic E-state index is 4.55. The standard InChI is InChI=1S/C15H23N5S2/c1-5-12-6-7-13(22-12)9-18-14(16-2)17-8-11-10-21-15(19-11)20(3)4/h6-7,10H,5,8-9H2,1-4H3,(H2,16,17,18). The van der Waals surface area contributed by atoms with E-state index in [1.165, 1.54) is 9.75 Å². The molecule has 120 valence electrons. The van der Waals surface area contributed by atoms with E-state index < -0.39 is 0 Å². The zero-order valence-corrected chi connectivity index (χ0v) is 15.1. The molecule has 0 saturated carbocycles. The molecule has 2 heterocycles. The summed E-state index contributed by atoms with van der Waals surface area (Å²) in [7, 11) is 5.79. The lowest BCUT2D eigenvalue weighted by molar-refractivity contribution is 0.802. The second-order valence-corrected chi connectivity index (χ2v) is 7.11. The Bertz CT molecular complexity index is 615. The average molecular weight is 338 g/mol. The van der Waals surface area contributed by atoms with E-state index in [-0.39, 0.29) is 0 Å². The van der Waals surface area contributed by atoms with Crippen LogP contribution in [0.5, 0.6) is 0 Å². The van der Waals surface area contributed by atoms with Gasteiger partial charge in [-0.15, -0.1) is 22.7 Å². The van der Waals surface area contributed by atoms with Crippen molar-refractivity contribution >= 4 is 33.8 Å². The second-order valence-electron chi connectivity index (χ2n) is 5.02. The van der Waals surface area contributed by atoms with Gasteiger partial charge in [-0.25, -0.2) is 4.98 Å². The lowest BCUT2D eigenvalue weighted by Crippen LogP contribution is -2.36. The van der Waals surface area contributed by atoms with Crippen molar-refractivity contribution in [1.29, 1.82) is 0 Å². The van der Waals surface area contributed by atoms with Crippen LogP contribution >= 0.6 is 22.7 Å². The maximum atomic E-state index is 4.55. The highest BCUT2D eigenvalue weighted by Gasteiger charge is 2.05. The van der Waals surface area contributed by atoms with Gasteiger partial charge in [-0.05, 0) is 18.6 Å². The minimum Gasteiger partial charge on any atom is -0.354 e. The van der Waals surface area contributed by atoms with Gasteiger partial charge < -0.3 is 15.5 Å². The highest BCUT2D eigenvalue weighted by Crippen LogP contribution is 2.18. The fourth-order valence-electron chi connectivity index (χ4n) is 1.86. The topological polar surface area (TPSA) is 52.6 Å². The minimum atomic E-state index is 0.675. The van der Waals surface area contributed by atoms with Crippen LogP contribution in [0.3, 0.4) is 0 Å². The number of thiazole rings is 1. The van der Waals surface area contributed by atoms with Crippen molar-refractivity contribution in [2.75, 3.05) is 26.0 Å². The maximum Gasteiger partial charge on any atom is 0.191 e. The van der Waals surface area contributed by atoms with Gasteiger partial charge in [0.15, 0.2) is 11.1 Å². The number of aryl methyl sites for hydroxylation is 1. The van der Waals surface area contributed by atoms with E-state index in [0.717, 1.165) is 29.8 Å². The molecule has 2 aromatic rings. The van der Waals surface area contributed by atoms with Gasteiger partial charge in [0, 0.05) is 36.3 Å². The highest BCUT2D eigenvalue weighted by atomic mass is 32.1. The summed E-state index contributed by atoms with van der Waals surface area (Å²) in [5.74, 6) is 0.797. The molecule has 0 amide bonds. The summed E-state index contributed by atoms with van der Waals surface area (Å²) in [6.45, 7) is 3.65. The summed E-state index contributed by atoms with van der Waals surface area (Å²) in [5.41, 5.74) is 1.03. The van der Waals surface area contributed by atoms with E-state index >= 15 is 0 Å². The molecule has 0 spiro atoms. The van der Waals surface area contributed by atoms with Crippen LogP contribution in [0, 0.1) is 0 Å². The van der Waals surface area contributed by atoms with Crippen molar-refractivity contribution in [2.45, 2.75) is 26.4 Å². The zero-order chi connectivity index (χ0) is 15.9. The van der Waals surface area contributed by atoms with Crippen molar-refractivity contribution in [3.8, 4) is 0 Å². The number of aliphatic imine (C=N–C) groups is 1. The molecule has 2 rings (SSSR count). The van der Waals surface area contributed by atoms with Crippen LogP contribution < -0.4 is 15.5 Å². The number of hydrogen-bond acceptors (Lipinski definition) is 5. The van der Waals surface area contributed by atoms with E-state index in [1.807, 2.05) is 30.3 Å². The normalized spacial score (nSPS) is 11.5. The summed E-state index contributed by atoms with van der Waals surface area (Å²) < 4.78 is 0. The van der Waals surface area contributed by atoms with Crippen molar-refractivity contribution in [1.82, 2.24) is 15.6 Å². The van der Waals surface area contributed by atoms with E-state index in [9.17, 15) is 0 Å². The molecule has 7 heteroatoms. The number of rotatable bonds is 6. The highest BCUT2D eigenvalue weighted by molar-refractivity contribution is 7.13. The number of nitrogens with zero attached hydrogens (tertiary/aromatic N) is 3. The molecule has 0 aliphatic carbocycles. The summed E-state index contributed by atoms with van der Waals surface area (Å²) >= 11 is 3.49. The SMILES string of the molecule is CCc1ccc(CNC(=NC)NCc2csc(N(C)C)n2)s1. The van der Waals surface area contributed by atoms with Gasteiger partial charge >= 0.3 is 0 Å². The molecular formula is C15H23N5S2. The Morgan fingerprint density at radius 3 is 2.55 bits per heavy atom. The number of thiophene rings is 1. The third kappa shape index (κ3) is 4.71. The molecule has 0 bridgehead atoms. The summed E-state index contributed by atoms with van der Waals surface area (Å²) in [6, 6.07) is 4.36. The molecule has 0 atom stereocenters. The molecule has 0 unspecified atom stereocenters. The van der Waals surface area contributed by atoms with Gasteiger partial charge in [-0.2, -0.15) is 0 Å². The number of guanidine groups is 1. The molecule has 2 aromatic heterocycles. The fourth-order valence-corrected chi connectivity index (χ4v) is 3.51. The van der Waals surface area contributed by atoms with Gasteiger partial charge in [0.2, 0.25) is 0 Å². The number of nitrogens with one attached hydrogen (secondary N) is 2. The quantitative estimate of drug-likeness (QED) is 0.629. The predicted molar refractivity (Wildman–Crippen MR) is 97.2 cm³/mol. The number of hydrogen-bond donors (Lipinski definition) is 2. The Hall–Kier alpha value is -1.60. The molecule has 2 N–H and O–H groups in total. The minimum absolute atomic E-state index is 0.675. The summed E-state index contributed by atoms with van der Waals surface area (Å²) in [5, 5.41) is 9.73. The van der Waals surface area contributed by atoms with Crippen LogP contribution in [-0.4, -0.2) is 32.1 Å². The third-order valence-electron chi connectivity index (χ3n) is 3.08. The Balaban J connectivity index is 1.81. The predicted octanol–water partition coefficient (Wildman–Crippen LogP) is 2.70. The average Bonchev–Trinajstić information content (AvgIpc) is 3.16. The van der Waals surface area contributed by atoms with Crippen molar-refractivity contribution < 1.29 is 0 Å². The van der Waals surface area contributed by atoms with Crippen molar-refractivity contribution in [3.63, 3.8) is 0 Å². The van der Waals surface area contributed by atoms with Crippen LogP contribution in [0.2, 0.25) is 0 Å². The molecule has 0 aliphatic rings. The number of anilines is 1. The van der Waals surface area contributed by atoms with Crippen LogP contribution in [0.15, 0.2) is 22.5 Å². The molecule has 0 aromatic carbocycles. The van der Waals surface area contributed by atoms with Gasteiger partial charge in [-0.3, -0.25) is 4.99 Å². The summed E-state index contributed by atoms with van der Waals surface area (Å²) in [6.07, 6.45) is 1.09. The molecule has 0 fully saturated rings. The van der Waals surface area contributed by atoms with Crippen LogP contribution in [0.1, 0.15) is 22.4 Å². The van der Waals surface area contributed by atoms with Gasteiger partial charge in [0.25, 0.3) is 0 Å². The number of aromatic nitrogens is 1. The zero-order valence-electron chi connectivity index (χ0n) is 13.5. The van der Waals surface area contributed by atoms with Gasteiger partial charge in [0.05, 0.1) is 18.8 Å². The Labute approximate surface area is 140 Å². The van der Waals surface area contributed by atoms with Crippen LogP contribution in [-0.2, 0) is 19.5 Å². The van der Waals surface area contributed by atoms with E-state index in [0.29, 0.717) is 6.54 Å². The van der Waals surface area contributed by atoms with Crippen LogP contribution in [0.25, 0.3) is 0 Å². The summed E-state index contributed by atoms with van der Waals surface area (Å²) in [4.78, 5) is 13.6. The second kappa shape index (κ2) is 8.14. The van der Waals surface area contributed by atoms with E-state index in [1.54, 1.807) is 18.4 Å². The first-order valence-electron chi connectivity index (χ1n) is 7.26.